The Labute approximate surface area is 121 Å². The van der Waals surface area contributed by atoms with E-state index in [1.54, 1.807) is 0 Å². The van der Waals surface area contributed by atoms with E-state index in [-0.39, 0.29) is 0 Å². The van der Waals surface area contributed by atoms with Crippen LogP contribution in [0.1, 0.15) is 31.7 Å². The molecule has 20 heavy (non-hydrogen) atoms. The highest BCUT2D eigenvalue weighted by molar-refractivity contribution is 5.44. The molecule has 1 atom stereocenters. The molecule has 1 fully saturated rings. The maximum absolute atomic E-state index is 5.45. The van der Waals surface area contributed by atoms with Gasteiger partial charge in [-0.3, -0.25) is 4.90 Å². The lowest BCUT2D eigenvalue weighted by Crippen LogP contribution is -2.43. The summed E-state index contributed by atoms with van der Waals surface area (Å²) in [5.74, 6) is 1.75. The van der Waals surface area contributed by atoms with Crippen molar-refractivity contribution < 1.29 is 9.47 Å². The second kappa shape index (κ2) is 6.46. The van der Waals surface area contributed by atoms with Crippen molar-refractivity contribution in [3.63, 3.8) is 0 Å². The summed E-state index contributed by atoms with van der Waals surface area (Å²) in [5.41, 5.74) is 1.30. The number of likely N-dealkylation sites (N-methyl/N-ethyl adjacent to an activating group) is 1. The first-order chi connectivity index (χ1) is 9.85. The lowest BCUT2D eigenvalue weighted by molar-refractivity contribution is 0.174. The zero-order valence-electron chi connectivity index (χ0n) is 12.2. The summed E-state index contributed by atoms with van der Waals surface area (Å²) in [6, 6.07) is 6.92. The maximum atomic E-state index is 5.45. The number of hydrogen-bond donors (Lipinski definition) is 1. The summed E-state index contributed by atoms with van der Waals surface area (Å²) in [7, 11) is 0. The standard InChI is InChI=1S/C16H24N2O2/c1-2-18(11-14-5-3-4-8-17-14)10-13-6-7-15-16(9-13)20-12-19-15/h6-7,9,14,17H,2-5,8,10-12H2,1H3. The lowest BCUT2D eigenvalue weighted by atomic mass is 10.0. The summed E-state index contributed by atoms with van der Waals surface area (Å²) >= 11 is 0. The van der Waals surface area contributed by atoms with Gasteiger partial charge in [-0.1, -0.05) is 19.4 Å². The van der Waals surface area contributed by atoms with Gasteiger partial charge in [-0.15, -0.1) is 0 Å². The number of benzene rings is 1. The SMILES string of the molecule is CCN(Cc1ccc2c(c1)OCO2)CC1CCCCN1. The third-order valence-corrected chi connectivity index (χ3v) is 4.18. The van der Waals surface area contributed by atoms with Crippen molar-refractivity contribution in [2.75, 3.05) is 26.4 Å². The molecule has 0 aromatic heterocycles. The average molecular weight is 276 g/mol. The molecule has 4 heteroatoms. The third-order valence-electron chi connectivity index (χ3n) is 4.18. The van der Waals surface area contributed by atoms with Crippen LogP contribution in [-0.4, -0.2) is 37.4 Å². The molecule has 1 unspecified atom stereocenters. The molecule has 1 aromatic rings. The van der Waals surface area contributed by atoms with E-state index < -0.39 is 0 Å². The summed E-state index contributed by atoms with van der Waals surface area (Å²) in [6.45, 7) is 6.94. The molecule has 0 saturated carbocycles. The average Bonchev–Trinajstić information content (AvgIpc) is 2.95. The molecule has 1 N–H and O–H groups in total. The molecule has 0 radical (unpaired) electrons. The fourth-order valence-corrected chi connectivity index (χ4v) is 2.99. The van der Waals surface area contributed by atoms with Crippen LogP contribution >= 0.6 is 0 Å². The van der Waals surface area contributed by atoms with Crippen molar-refractivity contribution in [1.29, 1.82) is 0 Å². The molecule has 0 aliphatic carbocycles. The molecule has 0 spiro atoms. The van der Waals surface area contributed by atoms with Crippen molar-refractivity contribution in [1.82, 2.24) is 10.2 Å². The van der Waals surface area contributed by atoms with E-state index in [0.29, 0.717) is 12.8 Å². The highest BCUT2D eigenvalue weighted by atomic mass is 16.7. The normalized spacial score (nSPS) is 21.4. The van der Waals surface area contributed by atoms with Gasteiger partial charge in [0, 0.05) is 19.1 Å². The second-order valence-corrected chi connectivity index (χ2v) is 5.66. The topological polar surface area (TPSA) is 33.7 Å². The Morgan fingerprint density at radius 1 is 1.25 bits per heavy atom. The minimum atomic E-state index is 0.349. The Balaban J connectivity index is 1.59. The van der Waals surface area contributed by atoms with Crippen LogP contribution in [0.15, 0.2) is 18.2 Å². The molecular weight excluding hydrogens is 252 g/mol. The summed E-state index contributed by atoms with van der Waals surface area (Å²) in [5, 5.41) is 3.62. The van der Waals surface area contributed by atoms with Gasteiger partial charge in [0.05, 0.1) is 0 Å². The Morgan fingerprint density at radius 3 is 2.95 bits per heavy atom. The second-order valence-electron chi connectivity index (χ2n) is 5.66. The summed E-state index contributed by atoms with van der Waals surface area (Å²) < 4.78 is 10.8. The number of rotatable bonds is 5. The van der Waals surface area contributed by atoms with Crippen LogP contribution in [-0.2, 0) is 6.54 Å². The van der Waals surface area contributed by atoms with Crippen LogP contribution < -0.4 is 14.8 Å². The van der Waals surface area contributed by atoms with E-state index in [0.717, 1.165) is 31.1 Å². The Kier molecular flexibility index (Phi) is 4.43. The van der Waals surface area contributed by atoms with Crippen LogP contribution in [0.2, 0.25) is 0 Å². The number of piperidine rings is 1. The number of nitrogens with zero attached hydrogens (tertiary/aromatic N) is 1. The van der Waals surface area contributed by atoms with Gasteiger partial charge in [-0.25, -0.2) is 0 Å². The number of hydrogen-bond acceptors (Lipinski definition) is 4. The predicted octanol–water partition coefficient (Wildman–Crippen LogP) is 2.38. The van der Waals surface area contributed by atoms with E-state index >= 15 is 0 Å². The van der Waals surface area contributed by atoms with Crippen molar-refractivity contribution >= 4 is 0 Å². The zero-order valence-corrected chi connectivity index (χ0v) is 12.2. The van der Waals surface area contributed by atoms with Crippen LogP contribution in [0.3, 0.4) is 0 Å². The van der Waals surface area contributed by atoms with Gasteiger partial charge < -0.3 is 14.8 Å². The van der Waals surface area contributed by atoms with Crippen LogP contribution in [0.5, 0.6) is 11.5 Å². The van der Waals surface area contributed by atoms with Crippen LogP contribution in [0.4, 0.5) is 0 Å². The maximum Gasteiger partial charge on any atom is 0.231 e. The molecule has 1 saturated heterocycles. The molecule has 0 amide bonds. The molecule has 2 aliphatic rings. The third kappa shape index (κ3) is 3.25. The van der Waals surface area contributed by atoms with Gasteiger partial charge >= 0.3 is 0 Å². The molecule has 2 heterocycles. The van der Waals surface area contributed by atoms with Crippen LogP contribution in [0.25, 0.3) is 0 Å². The van der Waals surface area contributed by atoms with E-state index in [9.17, 15) is 0 Å². The van der Waals surface area contributed by atoms with E-state index in [1.165, 1.54) is 31.4 Å². The number of nitrogens with one attached hydrogen (secondary N) is 1. The molecule has 110 valence electrons. The van der Waals surface area contributed by atoms with Crippen molar-refractivity contribution in [2.45, 2.75) is 38.8 Å². The van der Waals surface area contributed by atoms with Gasteiger partial charge in [0.2, 0.25) is 6.79 Å². The first-order valence-corrected chi connectivity index (χ1v) is 7.69. The minimum absolute atomic E-state index is 0.349. The fraction of sp³-hybridized carbons (Fsp3) is 0.625. The smallest absolute Gasteiger partial charge is 0.231 e. The predicted molar refractivity (Wildman–Crippen MR) is 79.2 cm³/mol. The van der Waals surface area contributed by atoms with Gasteiger partial charge in [-0.2, -0.15) is 0 Å². The quantitative estimate of drug-likeness (QED) is 0.895. The molecule has 0 bridgehead atoms. The summed E-state index contributed by atoms with van der Waals surface area (Å²) in [4.78, 5) is 2.50. The van der Waals surface area contributed by atoms with Crippen molar-refractivity contribution in [2.24, 2.45) is 0 Å². The molecule has 1 aromatic carbocycles. The van der Waals surface area contributed by atoms with Gasteiger partial charge in [0.15, 0.2) is 11.5 Å². The van der Waals surface area contributed by atoms with Crippen molar-refractivity contribution in [3.05, 3.63) is 23.8 Å². The van der Waals surface area contributed by atoms with Crippen molar-refractivity contribution in [3.8, 4) is 11.5 Å². The molecule has 2 aliphatic heterocycles. The largest absolute Gasteiger partial charge is 0.454 e. The molecule has 4 nitrogen and oxygen atoms in total. The first kappa shape index (κ1) is 13.7. The van der Waals surface area contributed by atoms with Gasteiger partial charge in [0.25, 0.3) is 0 Å². The van der Waals surface area contributed by atoms with E-state index in [2.05, 4.69) is 29.3 Å². The zero-order chi connectivity index (χ0) is 13.8. The number of ether oxygens (including phenoxy) is 2. The monoisotopic (exact) mass is 276 g/mol. The Morgan fingerprint density at radius 2 is 2.15 bits per heavy atom. The fourth-order valence-electron chi connectivity index (χ4n) is 2.99. The van der Waals surface area contributed by atoms with Gasteiger partial charge in [-0.05, 0) is 43.6 Å². The van der Waals surface area contributed by atoms with E-state index in [1.807, 2.05) is 6.07 Å². The summed E-state index contributed by atoms with van der Waals surface area (Å²) in [6.07, 6.45) is 3.99. The lowest BCUT2D eigenvalue weighted by Gasteiger charge is -2.30. The van der Waals surface area contributed by atoms with Gasteiger partial charge in [0.1, 0.15) is 0 Å². The highest BCUT2D eigenvalue weighted by Crippen LogP contribution is 2.32. The molecule has 3 rings (SSSR count). The Hall–Kier alpha value is -1.26. The Bertz CT molecular complexity index is 444. The highest BCUT2D eigenvalue weighted by Gasteiger charge is 2.17. The first-order valence-electron chi connectivity index (χ1n) is 7.69. The van der Waals surface area contributed by atoms with E-state index in [4.69, 9.17) is 9.47 Å². The van der Waals surface area contributed by atoms with Crippen LogP contribution in [0, 0.1) is 0 Å². The number of fused-ring (bicyclic) bond motifs is 1. The minimum Gasteiger partial charge on any atom is -0.454 e. The molecular formula is C16H24N2O2.